The number of hydrogen-bond acceptors (Lipinski definition) is 7. The number of rotatable bonds is 8. The molecule has 0 aliphatic heterocycles. The van der Waals surface area contributed by atoms with E-state index >= 15 is 0 Å². The molecule has 0 saturated heterocycles. The zero-order valence-electron chi connectivity index (χ0n) is 21.8. The number of nitro benzene ring substituents is 1. The van der Waals surface area contributed by atoms with Gasteiger partial charge in [-0.15, -0.1) is 0 Å². The Kier molecular flexibility index (Phi) is 7.78. The Hall–Kier alpha value is -4.57. The summed E-state index contributed by atoms with van der Waals surface area (Å²) in [5.74, 6) is -1.03. The number of sulfonamides is 1. The predicted molar refractivity (Wildman–Crippen MR) is 147 cm³/mol. The maximum atomic E-state index is 13.4. The Balaban J connectivity index is 1.73. The first-order valence-electron chi connectivity index (χ1n) is 12.1. The van der Waals surface area contributed by atoms with Gasteiger partial charge in [-0.25, -0.2) is 18.1 Å². The van der Waals surface area contributed by atoms with E-state index in [9.17, 15) is 23.3 Å². The number of aromatic nitrogens is 1. The molecule has 1 N–H and O–H groups in total. The third kappa shape index (κ3) is 6.12. The van der Waals surface area contributed by atoms with Gasteiger partial charge < -0.3 is 4.74 Å². The second-order valence-corrected chi connectivity index (χ2v) is 10.9. The SMILES string of the molecule is Cc1cc(C)c([C@@H](C)Oc2ncc(-c3ccccc3)cc2C(=O)NS(=O)(=O)c2cccc([N+](=O)[O-])c2)c(C)c1. The number of nitrogens with one attached hydrogen (secondary N) is 1. The standard InChI is InChI=1S/C29H27N3O6S/c1-18-13-19(2)27(20(3)14-18)21(4)38-29-26(15-23(17-30-29)22-9-6-5-7-10-22)28(33)31-39(36,37)25-12-8-11-24(16-25)32(34)35/h5-17,21H,1-4H3,(H,31,33)/t21-/m1/s1. The van der Waals surface area contributed by atoms with Gasteiger partial charge in [0.2, 0.25) is 5.88 Å². The Morgan fingerprint density at radius 3 is 2.26 bits per heavy atom. The van der Waals surface area contributed by atoms with Crippen molar-refractivity contribution in [3.63, 3.8) is 0 Å². The molecular formula is C29H27N3O6S. The lowest BCUT2D eigenvalue weighted by Crippen LogP contribution is -2.31. The van der Waals surface area contributed by atoms with Crippen LogP contribution in [0.1, 0.15) is 45.6 Å². The van der Waals surface area contributed by atoms with Gasteiger partial charge in [0.05, 0.1) is 9.82 Å². The van der Waals surface area contributed by atoms with Crippen LogP contribution in [0, 0.1) is 30.9 Å². The second-order valence-electron chi connectivity index (χ2n) is 9.20. The first-order valence-corrected chi connectivity index (χ1v) is 13.6. The van der Waals surface area contributed by atoms with E-state index < -0.39 is 37.5 Å². The minimum atomic E-state index is -4.44. The van der Waals surface area contributed by atoms with Crippen LogP contribution in [0.4, 0.5) is 5.69 Å². The molecule has 1 heterocycles. The van der Waals surface area contributed by atoms with Crippen LogP contribution in [-0.4, -0.2) is 24.2 Å². The Labute approximate surface area is 226 Å². The molecular weight excluding hydrogens is 518 g/mol. The van der Waals surface area contributed by atoms with Crippen molar-refractivity contribution in [1.29, 1.82) is 0 Å². The topological polar surface area (TPSA) is 128 Å². The molecule has 200 valence electrons. The molecule has 10 heteroatoms. The molecule has 0 aliphatic carbocycles. The van der Waals surface area contributed by atoms with Crippen molar-refractivity contribution in [2.75, 3.05) is 0 Å². The number of carbonyl (C=O) groups is 1. The number of ether oxygens (including phenoxy) is 1. The van der Waals surface area contributed by atoms with Gasteiger partial charge in [-0.05, 0) is 62.1 Å². The summed E-state index contributed by atoms with van der Waals surface area (Å²) in [6.07, 6.45) is 1.05. The van der Waals surface area contributed by atoms with Crippen molar-refractivity contribution in [1.82, 2.24) is 9.71 Å². The molecule has 1 aromatic heterocycles. The van der Waals surface area contributed by atoms with Gasteiger partial charge in [0.1, 0.15) is 11.7 Å². The van der Waals surface area contributed by atoms with Gasteiger partial charge >= 0.3 is 0 Å². The van der Waals surface area contributed by atoms with E-state index in [0.717, 1.165) is 39.9 Å². The number of hydrogen-bond donors (Lipinski definition) is 1. The summed E-state index contributed by atoms with van der Waals surface area (Å²) in [4.78, 5) is 27.8. The molecule has 4 aromatic rings. The summed E-state index contributed by atoms with van der Waals surface area (Å²) in [7, 11) is -4.44. The first kappa shape index (κ1) is 27.5. The van der Waals surface area contributed by atoms with Crippen molar-refractivity contribution in [3.8, 4) is 17.0 Å². The number of nitro groups is 1. The van der Waals surface area contributed by atoms with Crippen molar-refractivity contribution >= 4 is 21.6 Å². The molecule has 0 saturated carbocycles. The van der Waals surface area contributed by atoms with Crippen LogP contribution in [0.5, 0.6) is 5.88 Å². The molecule has 4 rings (SSSR count). The van der Waals surface area contributed by atoms with Crippen LogP contribution in [0.2, 0.25) is 0 Å². The number of pyridine rings is 1. The monoisotopic (exact) mass is 545 g/mol. The van der Waals surface area contributed by atoms with Gasteiger partial charge in [-0.2, -0.15) is 0 Å². The normalized spacial score (nSPS) is 12.0. The molecule has 0 fully saturated rings. The molecule has 0 unspecified atom stereocenters. The smallest absolute Gasteiger partial charge is 0.270 e. The molecule has 1 amide bonds. The molecule has 0 spiro atoms. The highest BCUT2D eigenvalue weighted by Gasteiger charge is 2.26. The zero-order valence-corrected chi connectivity index (χ0v) is 22.7. The van der Waals surface area contributed by atoms with Gasteiger partial charge in [0, 0.05) is 23.9 Å². The second kappa shape index (κ2) is 11.0. The Bertz CT molecular complexity index is 1650. The summed E-state index contributed by atoms with van der Waals surface area (Å²) in [6.45, 7) is 7.78. The molecule has 3 aromatic carbocycles. The molecule has 0 radical (unpaired) electrons. The lowest BCUT2D eigenvalue weighted by Gasteiger charge is -2.21. The summed E-state index contributed by atoms with van der Waals surface area (Å²) >= 11 is 0. The summed E-state index contributed by atoms with van der Waals surface area (Å²) in [6, 6.07) is 19.2. The highest BCUT2D eigenvalue weighted by atomic mass is 32.2. The number of aryl methyl sites for hydroxylation is 3. The van der Waals surface area contributed by atoms with E-state index in [1.54, 1.807) is 6.20 Å². The first-order chi connectivity index (χ1) is 18.5. The van der Waals surface area contributed by atoms with Crippen LogP contribution >= 0.6 is 0 Å². The largest absolute Gasteiger partial charge is 0.469 e. The number of amides is 1. The molecule has 1 atom stereocenters. The maximum Gasteiger partial charge on any atom is 0.270 e. The summed E-state index contributed by atoms with van der Waals surface area (Å²) in [5.41, 5.74) is 4.91. The molecule has 39 heavy (non-hydrogen) atoms. The Morgan fingerprint density at radius 2 is 1.62 bits per heavy atom. The van der Waals surface area contributed by atoms with E-state index in [-0.39, 0.29) is 11.4 Å². The van der Waals surface area contributed by atoms with Gasteiger partial charge in [0.25, 0.3) is 21.6 Å². The van der Waals surface area contributed by atoms with Crippen LogP contribution in [0.15, 0.2) is 83.9 Å². The van der Waals surface area contributed by atoms with E-state index in [4.69, 9.17) is 4.74 Å². The van der Waals surface area contributed by atoms with E-state index in [0.29, 0.717) is 5.56 Å². The fourth-order valence-corrected chi connectivity index (χ4v) is 5.56. The van der Waals surface area contributed by atoms with Crippen molar-refractivity contribution in [2.24, 2.45) is 0 Å². The summed E-state index contributed by atoms with van der Waals surface area (Å²) in [5, 5.41) is 11.1. The quantitative estimate of drug-likeness (QED) is 0.217. The van der Waals surface area contributed by atoms with E-state index in [2.05, 4.69) is 4.98 Å². The average molecular weight is 546 g/mol. The van der Waals surface area contributed by atoms with Gasteiger partial charge in [0.15, 0.2) is 0 Å². The van der Waals surface area contributed by atoms with Crippen LogP contribution < -0.4 is 9.46 Å². The van der Waals surface area contributed by atoms with Gasteiger partial charge in [-0.3, -0.25) is 14.9 Å². The predicted octanol–water partition coefficient (Wildman–Crippen LogP) is 5.84. The van der Waals surface area contributed by atoms with Crippen LogP contribution in [-0.2, 0) is 10.0 Å². The fraction of sp³-hybridized carbons (Fsp3) is 0.172. The number of carbonyl (C=O) groups excluding carboxylic acids is 1. The highest BCUT2D eigenvalue weighted by molar-refractivity contribution is 7.90. The molecule has 0 bridgehead atoms. The Morgan fingerprint density at radius 1 is 0.949 bits per heavy atom. The number of benzene rings is 3. The lowest BCUT2D eigenvalue weighted by molar-refractivity contribution is -0.385. The van der Waals surface area contributed by atoms with Crippen molar-refractivity contribution < 1.29 is 22.9 Å². The van der Waals surface area contributed by atoms with Crippen molar-refractivity contribution in [2.45, 2.75) is 38.7 Å². The minimum absolute atomic E-state index is 0.0479. The average Bonchev–Trinajstić information content (AvgIpc) is 2.88. The lowest BCUT2D eigenvalue weighted by atomic mass is 9.96. The van der Waals surface area contributed by atoms with Crippen LogP contribution in [0.3, 0.4) is 0 Å². The van der Waals surface area contributed by atoms with Crippen LogP contribution in [0.25, 0.3) is 11.1 Å². The van der Waals surface area contributed by atoms with E-state index in [1.807, 2.05) is 74.9 Å². The minimum Gasteiger partial charge on any atom is -0.469 e. The van der Waals surface area contributed by atoms with E-state index in [1.165, 1.54) is 18.2 Å². The van der Waals surface area contributed by atoms with Gasteiger partial charge in [-0.1, -0.05) is 54.1 Å². The molecule has 0 aliphatic rings. The zero-order chi connectivity index (χ0) is 28.3. The fourth-order valence-electron chi connectivity index (χ4n) is 4.56. The van der Waals surface area contributed by atoms with Crippen molar-refractivity contribution in [3.05, 3.63) is 117 Å². The third-order valence-electron chi connectivity index (χ3n) is 6.20. The summed E-state index contributed by atoms with van der Waals surface area (Å²) < 4.78 is 34.2. The third-order valence-corrected chi connectivity index (χ3v) is 7.53. The number of nitrogens with zero attached hydrogens (tertiary/aromatic N) is 2. The molecule has 9 nitrogen and oxygen atoms in total. The maximum absolute atomic E-state index is 13.4. The number of non-ortho nitro benzene ring substituents is 1. The highest BCUT2D eigenvalue weighted by Crippen LogP contribution is 2.31.